The van der Waals surface area contributed by atoms with Gasteiger partial charge >= 0.3 is 6.09 Å². The summed E-state index contributed by atoms with van der Waals surface area (Å²) in [6, 6.07) is 1.34. The molecule has 0 unspecified atom stereocenters. The molecule has 0 aromatic carbocycles. The first-order chi connectivity index (χ1) is 17.6. The van der Waals surface area contributed by atoms with E-state index in [9.17, 15) is 18.4 Å². The number of carbonyl (C=O) groups is 2. The molecular formula is C25H29F2N7O3. The number of nitrogens with zero attached hydrogens (tertiary/aromatic N) is 6. The van der Waals surface area contributed by atoms with Gasteiger partial charge in [-0.25, -0.2) is 28.5 Å². The molecule has 3 aromatic heterocycles. The van der Waals surface area contributed by atoms with Gasteiger partial charge in [-0.2, -0.15) is 0 Å². The highest BCUT2D eigenvalue weighted by molar-refractivity contribution is 6.02. The van der Waals surface area contributed by atoms with Crippen LogP contribution >= 0.6 is 0 Å². The summed E-state index contributed by atoms with van der Waals surface area (Å²) >= 11 is 0. The van der Waals surface area contributed by atoms with Crippen molar-refractivity contribution in [3.63, 3.8) is 0 Å². The third-order valence-electron chi connectivity index (χ3n) is 6.25. The Kier molecular flexibility index (Phi) is 6.42. The molecular weight excluding hydrogens is 484 g/mol. The molecule has 1 aliphatic heterocycles. The van der Waals surface area contributed by atoms with Gasteiger partial charge in [0.1, 0.15) is 23.8 Å². The summed E-state index contributed by atoms with van der Waals surface area (Å²) in [5.74, 6) is -0.648. The first-order valence-corrected chi connectivity index (χ1v) is 12.2. The molecule has 2 aliphatic rings. The van der Waals surface area contributed by atoms with Crippen molar-refractivity contribution in [2.24, 2.45) is 0 Å². The van der Waals surface area contributed by atoms with E-state index in [-0.39, 0.29) is 40.9 Å². The molecule has 5 rings (SSSR count). The Morgan fingerprint density at radius 2 is 1.95 bits per heavy atom. The predicted molar refractivity (Wildman–Crippen MR) is 132 cm³/mol. The summed E-state index contributed by atoms with van der Waals surface area (Å²) < 4.78 is 34.1. The Balaban J connectivity index is 1.23. The largest absolute Gasteiger partial charge is 0.444 e. The van der Waals surface area contributed by atoms with Crippen LogP contribution in [-0.2, 0) is 11.4 Å². The number of hydrogen-bond acceptors (Lipinski definition) is 7. The van der Waals surface area contributed by atoms with E-state index < -0.39 is 24.0 Å². The number of nitrogens with one attached hydrogen (secondary N) is 1. The standard InChI is InChI=1S/C25H29F2N7O3/c1-25(2,3)37-24(36)34(17-4-5-17)18-6-7-32(14-18)21-11-28-20(10-29-21)23(35)31-15-8-19(27)22-30-16(9-26)13-33(22)12-15/h8,10-13,17-18H,4-7,9,14H2,1-3H3,(H,31,35)/t18-/m1/s1. The Morgan fingerprint density at radius 1 is 1.16 bits per heavy atom. The monoisotopic (exact) mass is 513 g/mol. The second-order valence-corrected chi connectivity index (χ2v) is 10.4. The van der Waals surface area contributed by atoms with Crippen LogP contribution in [0.25, 0.3) is 5.65 Å². The molecule has 1 saturated carbocycles. The smallest absolute Gasteiger partial charge is 0.410 e. The van der Waals surface area contributed by atoms with Gasteiger partial charge in [-0.15, -0.1) is 0 Å². The molecule has 3 aromatic rings. The topological polar surface area (TPSA) is 105 Å². The Hall–Kier alpha value is -3.83. The molecule has 0 spiro atoms. The fourth-order valence-electron chi connectivity index (χ4n) is 4.48. The van der Waals surface area contributed by atoms with Crippen LogP contribution in [0.3, 0.4) is 0 Å². The highest BCUT2D eigenvalue weighted by Gasteiger charge is 2.42. The van der Waals surface area contributed by atoms with Gasteiger partial charge in [0.2, 0.25) is 0 Å². The molecule has 0 bridgehead atoms. The molecule has 1 N–H and O–H groups in total. The third-order valence-corrected chi connectivity index (χ3v) is 6.25. The number of pyridine rings is 1. The van der Waals surface area contributed by atoms with Crippen LogP contribution in [0.4, 0.5) is 25.1 Å². The van der Waals surface area contributed by atoms with Gasteiger partial charge in [-0.1, -0.05) is 0 Å². The molecule has 4 heterocycles. The van der Waals surface area contributed by atoms with Crippen molar-refractivity contribution in [2.75, 3.05) is 23.3 Å². The quantitative estimate of drug-likeness (QED) is 0.532. The normalized spacial score (nSPS) is 17.8. The average molecular weight is 514 g/mol. The second-order valence-electron chi connectivity index (χ2n) is 10.4. The van der Waals surface area contributed by atoms with Crippen molar-refractivity contribution in [1.29, 1.82) is 0 Å². The molecule has 1 atom stereocenters. The zero-order chi connectivity index (χ0) is 26.3. The number of imidazole rings is 1. The van der Waals surface area contributed by atoms with E-state index in [2.05, 4.69) is 20.3 Å². The number of halogens is 2. The molecule has 1 saturated heterocycles. The summed E-state index contributed by atoms with van der Waals surface area (Å²) in [4.78, 5) is 41.9. The third kappa shape index (κ3) is 5.47. The van der Waals surface area contributed by atoms with Crippen molar-refractivity contribution in [3.8, 4) is 0 Å². The maximum atomic E-state index is 14.3. The molecule has 2 fully saturated rings. The number of alkyl halides is 1. The van der Waals surface area contributed by atoms with Crippen molar-refractivity contribution in [2.45, 2.75) is 64.4 Å². The maximum absolute atomic E-state index is 14.3. The first-order valence-electron chi connectivity index (χ1n) is 12.2. The highest BCUT2D eigenvalue weighted by atomic mass is 19.1. The summed E-state index contributed by atoms with van der Waals surface area (Å²) in [5.41, 5.74) is -0.250. The zero-order valence-electron chi connectivity index (χ0n) is 20.9. The number of amides is 2. The molecule has 0 radical (unpaired) electrons. The lowest BCUT2D eigenvalue weighted by Crippen LogP contribution is -2.46. The van der Waals surface area contributed by atoms with Crippen LogP contribution in [0.15, 0.2) is 30.9 Å². The molecule has 196 valence electrons. The number of hydrogen-bond donors (Lipinski definition) is 1. The van der Waals surface area contributed by atoms with Crippen LogP contribution in [0, 0.1) is 5.82 Å². The van der Waals surface area contributed by atoms with E-state index in [4.69, 9.17) is 4.74 Å². The van der Waals surface area contributed by atoms with E-state index in [1.54, 1.807) is 0 Å². The first kappa shape index (κ1) is 24.8. The van der Waals surface area contributed by atoms with E-state index >= 15 is 0 Å². The molecule has 2 amide bonds. The lowest BCUT2D eigenvalue weighted by molar-refractivity contribution is 0.0158. The number of carbonyl (C=O) groups excluding carboxylic acids is 2. The van der Waals surface area contributed by atoms with Gasteiger partial charge < -0.3 is 24.3 Å². The number of rotatable bonds is 6. The molecule has 1 aliphatic carbocycles. The minimum absolute atomic E-state index is 0.0121. The minimum Gasteiger partial charge on any atom is -0.444 e. The molecule has 37 heavy (non-hydrogen) atoms. The maximum Gasteiger partial charge on any atom is 0.410 e. The number of anilines is 2. The number of fused-ring (bicyclic) bond motifs is 1. The predicted octanol–water partition coefficient (Wildman–Crippen LogP) is 3.96. The zero-order valence-corrected chi connectivity index (χ0v) is 20.9. The minimum atomic E-state index is -0.817. The van der Waals surface area contributed by atoms with E-state index in [0.717, 1.165) is 25.3 Å². The van der Waals surface area contributed by atoms with Crippen LogP contribution in [0.5, 0.6) is 0 Å². The molecule has 12 heteroatoms. The SMILES string of the molecule is CC(C)(C)OC(=O)N(C1CC1)[C@@H]1CCN(c2cnc(C(=O)Nc3cc(F)c4nc(CF)cn4c3)cn2)C1. The fraction of sp³-hybridized carbons (Fsp3) is 0.480. The fourth-order valence-corrected chi connectivity index (χ4v) is 4.48. The lowest BCUT2D eigenvalue weighted by Gasteiger charge is -2.31. The number of ether oxygens (including phenoxy) is 1. The van der Waals surface area contributed by atoms with Crippen LogP contribution in [0.2, 0.25) is 0 Å². The van der Waals surface area contributed by atoms with E-state index in [1.807, 2.05) is 30.6 Å². The van der Waals surface area contributed by atoms with Crippen molar-refractivity contribution < 1.29 is 23.1 Å². The van der Waals surface area contributed by atoms with Crippen LogP contribution in [0.1, 0.15) is 56.2 Å². The van der Waals surface area contributed by atoms with Crippen molar-refractivity contribution in [3.05, 3.63) is 48.1 Å². The van der Waals surface area contributed by atoms with Gasteiger partial charge in [-0.3, -0.25) is 4.79 Å². The lowest BCUT2D eigenvalue weighted by atomic mass is 10.2. The summed E-state index contributed by atoms with van der Waals surface area (Å²) in [7, 11) is 0. The van der Waals surface area contributed by atoms with Gasteiger partial charge in [-0.05, 0) is 40.0 Å². The Labute approximate surface area is 212 Å². The summed E-state index contributed by atoms with van der Waals surface area (Å²) in [6.07, 6.45) is 8.14. The van der Waals surface area contributed by atoms with Gasteiger partial charge in [0, 0.05) is 37.6 Å². The number of aromatic nitrogens is 4. The Morgan fingerprint density at radius 3 is 2.59 bits per heavy atom. The van der Waals surface area contributed by atoms with Gasteiger partial charge in [0.15, 0.2) is 11.5 Å². The van der Waals surface area contributed by atoms with Crippen LogP contribution < -0.4 is 10.2 Å². The van der Waals surface area contributed by atoms with Gasteiger partial charge in [0.05, 0.1) is 29.8 Å². The highest BCUT2D eigenvalue weighted by Crippen LogP contribution is 2.33. The molecule has 10 nitrogen and oxygen atoms in total. The van der Waals surface area contributed by atoms with E-state index in [1.165, 1.54) is 29.2 Å². The second kappa shape index (κ2) is 9.56. The van der Waals surface area contributed by atoms with Crippen molar-refractivity contribution in [1.82, 2.24) is 24.3 Å². The average Bonchev–Trinajstić information content (AvgIpc) is 3.37. The summed E-state index contributed by atoms with van der Waals surface area (Å²) in [6.45, 7) is 6.06. The summed E-state index contributed by atoms with van der Waals surface area (Å²) in [5, 5.41) is 2.58. The van der Waals surface area contributed by atoms with Gasteiger partial charge in [0.25, 0.3) is 5.91 Å². The van der Waals surface area contributed by atoms with Crippen molar-refractivity contribution >= 4 is 29.2 Å². The van der Waals surface area contributed by atoms with Crippen LogP contribution in [-0.4, -0.2) is 67.0 Å². The Bertz CT molecular complexity index is 1320. The van der Waals surface area contributed by atoms with E-state index in [0.29, 0.717) is 18.9 Å².